The van der Waals surface area contributed by atoms with Crippen LogP contribution in [0.25, 0.3) is 11.2 Å². The number of likely N-dealkylation sites (tertiary alicyclic amines) is 1. The molecule has 2 fully saturated rings. The lowest BCUT2D eigenvalue weighted by Crippen LogP contribution is -2.54. The van der Waals surface area contributed by atoms with Gasteiger partial charge < -0.3 is 14.9 Å². The first-order chi connectivity index (χ1) is 15.9. The molecule has 5 rings (SSSR count). The lowest BCUT2D eigenvalue weighted by molar-refractivity contribution is 0.101. The molecule has 0 saturated carbocycles. The van der Waals surface area contributed by atoms with E-state index in [9.17, 15) is 5.11 Å². The van der Waals surface area contributed by atoms with Gasteiger partial charge in [-0.15, -0.1) is 0 Å². The lowest BCUT2D eigenvalue weighted by Gasteiger charge is -2.47. The van der Waals surface area contributed by atoms with Crippen LogP contribution in [0.1, 0.15) is 37.1 Å². The molecule has 2 aliphatic heterocycles. The monoisotopic (exact) mass is 488 g/mol. The van der Waals surface area contributed by atoms with Gasteiger partial charge in [0.05, 0.1) is 24.5 Å². The molecule has 7 nitrogen and oxygen atoms in total. The summed E-state index contributed by atoms with van der Waals surface area (Å²) in [5.74, 6) is 2.26. The zero-order valence-electron chi connectivity index (χ0n) is 19.1. The number of nitrogens with zero attached hydrogens (tertiary/aromatic N) is 6. The number of β-amino-alcohol motifs (C(OH)–C–C–N with tert-alkyl or cyclic N) is 1. The molecule has 0 aliphatic carbocycles. The van der Waals surface area contributed by atoms with Crippen molar-refractivity contribution in [2.24, 2.45) is 11.8 Å². The van der Waals surface area contributed by atoms with Crippen LogP contribution in [-0.4, -0.2) is 69.1 Å². The van der Waals surface area contributed by atoms with Crippen molar-refractivity contribution >= 4 is 40.2 Å². The molecule has 2 saturated heterocycles. The Bertz CT molecular complexity index is 1140. The van der Waals surface area contributed by atoms with E-state index in [1.54, 1.807) is 6.07 Å². The number of aryl methyl sites for hydroxylation is 1. The fourth-order valence-corrected chi connectivity index (χ4v) is 5.82. The summed E-state index contributed by atoms with van der Waals surface area (Å²) in [6.07, 6.45) is 4.36. The maximum absolute atomic E-state index is 9.27. The average Bonchev–Trinajstić information content (AvgIpc) is 3.09. The predicted molar refractivity (Wildman–Crippen MR) is 132 cm³/mol. The molecule has 0 amide bonds. The molecular formula is C24H30Cl2N6O. The fourth-order valence-electron chi connectivity index (χ4n) is 5.25. The molecule has 0 bridgehead atoms. The number of aliphatic hydroxyl groups is 1. The van der Waals surface area contributed by atoms with Crippen LogP contribution in [0.2, 0.25) is 10.0 Å². The topological polar surface area (TPSA) is 70.3 Å². The Morgan fingerprint density at radius 1 is 1.18 bits per heavy atom. The van der Waals surface area contributed by atoms with Gasteiger partial charge >= 0.3 is 0 Å². The average molecular weight is 489 g/mol. The Labute approximate surface area is 204 Å². The van der Waals surface area contributed by atoms with Crippen molar-refractivity contribution in [3.63, 3.8) is 0 Å². The number of piperidine rings is 1. The SMILES string of the molecule is Cc1nn(C(C)c2ccc(Cl)cc2Cl)c2nc(N3CC([C@@H]4CCCN(CCO)C4)C3)cnc12. The maximum atomic E-state index is 9.27. The highest BCUT2D eigenvalue weighted by Gasteiger charge is 2.36. The van der Waals surface area contributed by atoms with Crippen molar-refractivity contribution in [2.75, 3.05) is 44.2 Å². The van der Waals surface area contributed by atoms with E-state index in [1.807, 2.05) is 29.9 Å². The zero-order chi connectivity index (χ0) is 23.1. The van der Waals surface area contributed by atoms with E-state index < -0.39 is 0 Å². The molecule has 0 radical (unpaired) electrons. The number of aromatic nitrogens is 4. The number of halogens is 2. The Morgan fingerprint density at radius 3 is 2.76 bits per heavy atom. The standard InChI is InChI=1S/C24H30Cl2N6O/c1-15-23-24(32(29-15)16(2)20-6-5-19(25)10-21(20)26)28-22(11-27-23)31-13-18(14-31)17-4-3-7-30(12-17)8-9-33/h5-6,10-11,16-18,33H,3-4,7-9,12-14H2,1-2H3/t16?,17-/m1/s1. The van der Waals surface area contributed by atoms with Gasteiger partial charge in [-0.3, -0.25) is 0 Å². The largest absolute Gasteiger partial charge is 0.395 e. The van der Waals surface area contributed by atoms with Crippen molar-refractivity contribution in [1.82, 2.24) is 24.6 Å². The number of fused-ring (bicyclic) bond motifs is 1. The van der Waals surface area contributed by atoms with E-state index in [1.165, 1.54) is 12.8 Å². The summed E-state index contributed by atoms with van der Waals surface area (Å²) in [5, 5.41) is 15.2. The molecule has 4 heterocycles. The van der Waals surface area contributed by atoms with Gasteiger partial charge in [0.1, 0.15) is 11.3 Å². The van der Waals surface area contributed by atoms with Crippen molar-refractivity contribution in [2.45, 2.75) is 32.7 Å². The van der Waals surface area contributed by atoms with Crippen LogP contribution in [0.5, 0.6) is 0 Å². The zero-order valence-corrected chi connectivity index (χ0v) is 20.6. The maximum Gasteiger partial charge on any atom is 0.179 e. The molecular weight excluding hydrogens is 459 g/mol. The normalized spacial score (nSPS) is 20.9. The summed E-state index contributed by atoms with van der Waals surface area (Å²) in [7, 11) is 0. The van der Waals surface area contributed by atoms with Crippen LogP contribution in [0.3, 0.4) is 0 Å². The molecule has 176 valence electrons. The van der Waals surface area contributed by atoms with E-state index in [4.69, 9.17) is 38.3 Å². The van der Waals surface area contributed by atoms with Crippen LogP contribution in [0.4, 0.5) is 5.82 Å². The van der Waals surface area contributed by atoms with Crippen LogP contribution >= 0.6 is 23.2 Å². The quantitative estimate of drug-likeness (QED) is 0.560. The third kappa shape index (κ3) is 4.44. The van der Waals surface area contributed by atoms with Gasteiger partial charge in [-0.05, 0) is 62.8 Å². The Morgan fingerprint density at radius 2 is 2.00 bits per heavy atom. The summed E-state index contributed by atoms with van der Waals surface area (Å²) in [6.45, 7) is 9.26. The first-order valence-electron chi connectivity index (χ1n) is 11.7. The Balaban J connectivity index is 1.35. The molecule has 1 N–H and O–H groups in total. The van der Waals surface area contributed by atoms with Crippen LogP contribution in [0, 0.1) is 18.8 Å². The molecule has 2 aromatic heterocycles. The van der Waals surface area contributed by atoms with Crippen LogP contribution in [-0.2, 0) is 0 Å². The number of hydrogen-bond acceptors (Lipinski definition) is 6. The molecule has 2 aliphatic rings. The third-order valence-electron chi connectivity index (χ3n) is 7.20. The number of anilines is 1. The molecule has 3 aromatic rings. The number of rotatable bonds is 6. The van der Waals surface area contributed by atoms with Gasteiger partial charge in [0.2, 0.25) is 0 Å². The minimum absolute atomic E-state index is 0.0978. The Kier molecular flexibility index (Phi) is 6.49. The van der Waals surface area contributed by atoms with Gasteiger partial charge in [-0.1, -0.05) is 29.3 Å². The third-order valence-corrected chi connectivity index (χ3v) is 7.76. The smallest absolute Gasteiger partial charge is 0.179 e. The van der Waals surface area contributed by atoms with Gasteiger partial charge in [-0.2, -0.15) is 5.10 Å². The second kappa shape index (κ2) is 9.37. The van der Waals surface area contributed by atoms with Crippen LogP contribution < -0.4 is 4.90 Å². The second-order valence-electron chi connectivity index (χ2n) is 9.36. The first kappa shape index (κ1) is 22.8. The van der Waals surface area contributed by atoms with Crippen molar-refractivity contribution in [1.29, 1.82) is 0 Å². The molecule has 0 spiro atoms. The molecule has 1 aromatic carbocycles. The van der Waals surface area contributed by atoms with E-state index in [0.717, 1.165) is 61.0 Å². The number of hydrogen-bond donors (Lipinski definition) is 1. The summed E-state index contributed by atoms with van der Waals surface area (Å²) >= 11 is 12.6. The molecule has 9 heteroatoms. The summed E-state index contributed by atoms with van der Waals surface area (Å²) in [5.41, 5.74) is 3.40. The van der Waals surface area contributed by atoms with E-state index in [0.29, 0.717) is 21.9 Å². The molecule has 33 heavy (non-hydrogen) atoms. The predicted octanol–water partition coefficient (Wildman–Crippen LogP) is 4.19. The van der Waals surface area contributed by atoms with Gasteiger partial charge in [0.15, 0.2) is 5.65 Å². The minimum atomic E-state index is -0.0978. The summed E-state index contributed by atoms with van der Waals surface area (Å²) in [4.78, 5) is 14.4. The number of aliphatic hydroxyl groups excluding tert-OH is 1. The highest BCUT2D eigenvalue weighted by atomic mass is 35.5. The van der Waals surface area contributed by atoms with Crippen LogP contribution in [0.15, 0.2) is 24.4 Å². The fraction of sp³-hybridized carbons (Fsp3) is 0.542. The second-order valence-corrected chi connectivity index (χ2v) is 10.2. The van der Waals surface area contributed by atoms with E-state index >= 15 is 0 Å². The van der Waals surface area contributed by atoms with Gasteiger partial charge in [0.25, 0.3) is 0 Å². The van der Waals surface area contributed by atoms with E-state index in [-0.39, 0.29) is 12.6 Å². The molecule has 1 unspecified atom stereocenters. The van der Waals surface area contributed by atoms with Crippen molar-refractivity contribution in [3.05, 3.63) is 45.7 Å². The Hall–Kier alpha value is -1.93. The summed E-state index contributed by atoms with van der Waals surface area (Å²) in [6, 6.07) is 5.46. The van der Waals surface area contributed by atoms with E-state index in [2.05, 4.69) is 16.7 Å². The van der Waals surface area contributed by atoms with Gasteiger partial charge in [0, 0.05) is 36.2 Å². The minimum Gasteiger partial charge on any atom is -0.395 e. The lowest BCUT2D eigenvalue weighted by atomic mass is 9.80. The molecule has 2 atom stereocenters. The summed E-state index contributed by atoms with van der Waals surface area (Å²) < 4.78 is 1.92. The van der Waals surface area contributed by atoms with Crippen molar-refractivity contribution in [3.8, 4) is 0 Å². The number of benzene rings is 1. The van der Waals surface area contributed by atoms with Crippen molar-refractivity contribution < 1.29 is 5.11 Å². The highest BCUT2D eigenvalue weighted by molar-refractivity contribution is 6.35. The first-order valence-corrected chi connectivity index (χ1v) is 12.4. The highest BCUT2D eigenvalue weighted by Crippen LogP contribution is 2.35. The van der Waals surface area contributed by atoms with Gasteiger partial charge in [-0.25, -0.2) is 14.6 Å².